The van der Waals surface area contributed by atoms with Crippen LogP contribution in [-0.2, 0) is 25.8 Å². The van der Waals surface area contributed by atoms with Crippen LogP contribution in [0.2, 0.25) is 0 Å². The summed E-state index contributed by atoms with van der Waals surface area (Å²) in [5.74, 6) is -3.16. The number of aliphatic carboxylic acids is 1. The van der Waals surface area contributed by atoms with Crippen LogP contribution in [0.3, 0.4) is 0 Å². The molecule has 128 valence electrons. The molecule has 1 rings (SSSR count). The van der Waals surface area contributed by atoms with Crippen molar-refractivity contribution in [2.24, 2.45) is 5.92 Å². The number of benzene rings is 1. The fourth-order valence-electron chi connectivity index (χ4n) is 2.05. The molecule has 0 spiro atoms. The van der Waals surface area contributed by atoms with Crippen LogP contribution in [0.25, 0.3) is 0 Å². The molecule has 0 radical (unpaired) electrons. The predicted molar refractivity (Wildman–Crippen MR) is 87.8 cm³/mol. The van der Waals surface area contributed by atoms with Gasteiger partial charge < -0.3 is 10.4 Å². The molecule has 0 heterocycles. The van der Waals surface area contributed by atoms with Crippen LogP contribution < -0.4 is 5.32 Å². The topological polar surface area (TPSA) is 101 Å². The predicted octanol–water partition coefficient (Wildman–Crippen LogP) is 1.26. The van der Waals surface area contributed by atoms with Gasteiger partial charge in [0.2, 0.25) is 5.91 Å². The molecule has 1 aromatic rings. The van der Waals surface area contributed by atoms with Gasteiger partial charge >= 0.3 is 5.97 Å². The van der Waals surface area contributed by atoms with Crippen LogP contribution in [0.5, 0.6) is 0 Å². The second kappa shape index (κ2) is 8.67. The standard InChI is InChI=1S/C16H23NO5S/c1-12(16(19)20)13(2)17-15(18)11-23(21,22)10-6-9-14-7-4-3-5-8-14/h3-5,7-8,12-13H,6,9-11H2,1-2H3,(H,17,18)(H,19,20). The lowest BCUT2D eigenvalue weighted by atomic mass is 10.0. The van der Waals surface area contributed by atoms with Gasteiger partial charge in [-0.1, -0.05) is 30.3 Å². The van der Waals surface area contributed by atoms with Gasteiger partial charge in [0, 0.05) is 6.04 Å². The molecule has 0 fully saturated rings. The van der Waals surface area contributed by atoms with Crippen LogP contribution in [0.15, 0.2) is 30.3 Å². The van der Waals surface area contributed by atoms with Crippen molar-refractivity contribution in [3.8, 4) is 0 Å². The van der Waals surface area contributed by atoms with E-state index >= 15 is 0 Å². The second-order valence-electron chi connectivity index (χ2n) is 5.66. The molecule has 2 atom stereocenters. The molecule has 1 amide bonds. The number of amides is 1. The molecule has 0 bridgehead atoms. The molecular weight excluding hydrogens is 318 g/mol. The second-order valence-corrected chi connectivity index (χ2v) is 7.85. The van der Waals surface area contributed by atoms with E-state index in [4.69, 9.17) is 5.11 Å². The van der Waals surface area contributed by atoms with Crippen molar-refractivity contribution in [2.75, 3.05) is 11.5 Å². The number of sulfone groups is 1. The van der Waals surface area contributed by atoms with Gasteiger partial charge in [0.15, 0.2) is 9.84 Å². The molecule has 2 N–H and O–H groups in total. The van der Waals surface area contributed by atoms with Crippen molar-refractivity contribution in [1.82, 2.24) is 5.32 Å². The number of carboxylic acids is 1. The normalized spacial score (nSPS) is 14.0. The summed E-state index contributed by atoms with van der Waals surface area (Å²) in [6, 6.07) is 8.90. The lowest BCUT2D eigenvalue weighted by molar-refractivity contribution is -0.142. The summed E-state index contributed by atoms with van der Waals surface area (Å²) in [6.45, 7) is 3.00. The van der Waals surface area contributed by atoms with Crippen LogP contribution in [-0.4, -0.2) is 42.9 Å². The highest BCUT2D eigenvalue weighted by atomic mass is 32.2. The summed E-state index contributed by atoms with van der Waals surface area (Å²) in [6.07, 6.45) is 1.08. The smallest absolute Gasteiger partial charge is 0.308 e. The van der Waals surface area contributed by atoms with E-state index in [9.17, 15) is 18.0 Å². The maximum Gasteiger partial charge on any atom is 0.308 e. The van der Waals surface area contributed by atoms with Crippen LogP contribution in [0, 0.1) is 5.92 Å². The third kappa shape index (κ3) is 7.27. The molecule has 0 aliphatic rings. The van der Waals surface area contributed by atoms with Crippen LogP contribution >= 0.6 is 0 Å². The molecular formula is C16H23NO5S. The molecule has 23 heavy (non-hydrogen) atoms. The van der Waals surface area contributed by atoms with Crippen molar-refractivity contribution in [3.05, 3.63) is 35.9 Å². The van der Waals surface area contributed by atoms with Gasteiger partial charge in [0.1, 0.15) is 5.75 Å². The Morgan fingerprint density at radius 3 is 2.35 bits per heavy atom. The first-order valence-electron chi connectivity index (χ1n) is 7.48. The first-order valence-corrected chi connectivity index (χ1v) is 9.30. The number of aryl methyl sites for hydroxylation is 1. The van der Waals surface area contributed by atoms with E-state index in [1.807, 2.05) is 30.3 Å². The minimum atomic E-state index is -3.50. The van der Waals surface area contributed by atoms with Gasteiger partial charge in [-0.25, -0.2) is 8.42 Å². The average Bonchev–Trinajstić information content (AvgIpc) is 2.46. The quantitative estimate of drug-likeness (QED) is 0.704. The van der Waals surface area contributed by atoms with E-state index in [0.29, 0.717) is 12.8 Å². The Labute approximate surface area is 136 Å². The van der Waals surface area contributed by atoms with Gasteiger partial charge in [0.25, 0.3) is 0 Å². The Morgan fingerprint density at radius 1 is 1.17 bits per heavy atom. The van der Waals surface area contributed by atoms with Crippen molar-refractivity contribution < 1.29 is 23.1 Å². The lowest BCUT2D eigenvalue weighted by Crippen LogP contribution is -2.42. The fraction of sp³-hybridized carbons (Fsp3) is 0.500. The number of carboxylic acid groups (broad SMARTS) is 1. The zero-order valence-electron chi connectivity index (χ0n) is 13.4. The number of rotatable bonds is 9. The zero-order valence-corrected chi connectivity index (χ0v) is 14.2. The van der Waals surface area contributed by atoms with E-state index in [1.165, 1.54) is 6.92 Å². The molecule has 6 nitrogen and oxygen atoms in total. The molecule has 0 saturated heterocycles. The Morgan fingerprint density at radius 2 is 1.78 bits per heavy atom. The van der Waals surface area contributed by atoms with Gasteiger partial charge in [-0.05, 0) is 32.3 Å². The number of hydrogen-bond donors (Lipinski definition) is 2. The molecule has 0 saturated carbocycles. The monoisotopic (exact) mass is 341 g/mol. The number of carbonyl (C=O) groups is 2. The highest BCUT2D eigenvalue weighted by molar-refractivity contribution is 7.92. The summed E-state index contributed by atoms with van der Waals surface area (Å²) in [7, 11) is -3.50. The molecule has 7 heteroatoms. The highest BCUT2D eigenvalue weighted by Gasteiger charge is 2.23. The molecule has 2 unspecified atom stereocenters. The first kappa shape index (κ1) is 19.2. The number of nitrogens with one attached hydrogen (secondary N) is 1. The zero-order chi connectivity index (χ0) is 17.5. The minimum Gasteiger partial charge on any atom is -0.481 e. The summed E-state index contributed by atoms with van der Waals surface area (Å²) < 4.78 is 23.9. The first-order chi connectivity index (χ1) is 10.7. The minimum absolute atomic E-state index is 0.0713. The van der Waals surface area contributed by atoms with Gasteiger partial charge in [0.05, 0.1) is 11.7 Å². The van der Waals surface area contributed by atoms with Crippen molar-refractivity contribution in [2.45, 2.75) is 32.7 Å². The van der Waals surface area contributed by atoms with Crippen molar-refractivity contribution >= 4 is 21.7 Å². The summed E-state index contributed by atoms with van der Waals surface area (Å²) in [5, 5.41) is 11.3. The maximum absolute atomic E-state index is 11.9. The fourth-order valence-corrected chi connectivity index (χ4v) is 3.26. The van der Waals surface area contributed by atoms with E-state index in [2.05, 4.69) is 5.32 Å². The molecule has 0 aliphatic heterocycles. The van der Waals surface area contributed by atoms with Gasteiger partial charge in [-0.3, -0.25) is 9.59 Å². The van der Waals surface area contributed by atoms with E-state index in [0.717, 1.165) is 5.56 Å². The van der Waals surface area contributed by atoms with Crippen molar-refractivity contribution in [1.29, 1.82) is 0 Å². The molecule has 0 aromatic heterocycles. The van der Waals surface area contributed by atoms with Gasteiger partial charge in [-0.2, -0.15) is 0 Å². The molecule has 1 aromatic carbocycles. The SMILES string of the molecule is CC(NC(=O)CS(=O)(=O)CCCc1ccccc1)C(C)C(=O)O. The van der Waals surface area contributed by atoms with E-state index in [-0.39, 0.29) is 5.75 Å². The van der Waals surface area contributed by atoms with Crippen LogP contribution in [0.1, 0.15) is 25.8 Å². The number of hydrogen-bond acceptors (Lipinski definition) is 4. The third-order valence-electron chi connectivity index (χ3n) is 3.64. The number of carbonyl (C=O) groups excluding carboxylic acids is 1. The third-order valence-corrected chi connectivity index (χ3v) is 5.26. The Kier molecular flexibility index (Phi) is 7.22. The van der Waals surface area contributed by atoms with E-state index < -0.39 is 39.4 Å². The van der Waals surface area contributed by atoms with Crippen LogP contribution in [0.4, 0.5) is 0 Å². The summed E-state index contributed by atoms with van der Waals surface area (Å²) in [5.41, 5.74) is 1.05. The Bertz CT molecular complexity index is 627. The molecule has 0 aliphatic carbocycles. The van der Waals surface area contributed by atoms with E-state index in [1.54, 1.807) is 6.92 Å². The highest BCUT2D eigenvalue weighted by Crippen LogP contribution is 2.06. The average molecular weight is 341 g/mol. The summed E-state index contributed by atoms with van der Waals surface area (Å²) >= 11 is 0. The largest absolute Gasteiger partial charge is 0.481 e. The Balaban J connectivity index is 2.42. The van der Waals surface area contributed by atoms with Gasteiger partial charge in [-0.15, -0.1) is 0 Å². The van der Waals surface area contributed by atoms with Crippen molar-refractivity contribution in [3.63, 3.8) is 0 Å². The summed E-state index contributed by atoms with van der Waals surface area (Å²) in [4.78, 5) is 22.6. The lowest BCUT2D eigenvalue weighted by Gasteiger charge is -2.17. The maximum atomic E-state index is 11.9. The Hall–Kier alpha value is -1.89.